The summed E-state index contributed by atoms with van der Waals surface area (Å²) in [5.74, 6) is 0.851. The van der Waals surface area contributed by atoms with E-state index in [1.54, 1.807) is 0 Å². The van der Waals surface area contributed by atoms with Crippen LogP contribution in [-0.2, 0) is 19.4 Å². The van der Waals surface area contributed by atoms with Gasteiger partial charge in [0.2, 0.25) is 14.8 Å². The third-order valence-electron chi connectivity index (χ3n) is 5.70. The molecule has 0 amide bonds. The molecular formula is C14H18O4S. The van der Waals surface area contributed by atoms with Gasteiger partial charge in [0.1, 0.15) is 0 Å². The van der Waals surface area contributed by atoms with Crippen molar-refractivity contribution in [2.24, 2.45) is 23.7 Å². The van der Waals surface area contributed by atoms with E-state index in [9.17, 15) is 13.2 Å². The van der Waals surface area contributed by atoms with Gasteiger partial charge in [0.25, 0.3) is 0 Å². The standard InChI is InChI=1S/C14H18O4S/c1-8-2-13(15)18-14(19(8,16)17)11-4-9-3-10(6-11)7-12(14)5-9/h2,9-12H,3-7H2,1H3. The lowest BCUT2D eigenvalue weighted by atomic mass is 9.54. The maximum atomic E-state index is 12.8. The molecule has 0 unspecified atom stereocenters. The summed E-state index contributed by atoms with van der Waals surface area (Å²) in [6.07, 6.45) is 6.01. The summed E-state index contributed by atoms with van der Waals surface area (Å²) in [7, 11) is -3.50. The van der Waals surface area contributed by atoms with E-state index in [-0.39, 0.29) is 16.7 Å². The average Bonchev–Trinajstić information content (AvgIpc) is 2.31. The van der Waals surface area contributed by atoms with Crippen LogP contribution in [-0.4, -0.2) is 19.3 Å². The van der Waals surface area contributed by atoms with Crippen molar-refractivity contribution in [3.8, 4) is 0 Å². The van der Waals surface area contributed by atoms with Gasteiger partial charge in [0.15, 0.2) is 0 Å². The van der Waals surface area contributed by atoms with Crippen LogP contribution in [0.15, 0.2) is 11.0 Å². The van der Waals surface area contributed by atoms with Gasteiger partial charge < -0.3 is 4.74 Å². The zero-order valence-electron chi connectivity index (χ0n) is 11.0. The van der Waals surface area contributed by atoms with Crippen LogP contribution in [0.1, 0.15) is 39.0 Å². The molecule has 4 aliphatic carbocycles. The summed E-state index contributed by atoms with van der Waals surface area (Å²) in [6, 6.07) is 0. The van der Waals surface area contributed by atoms with Gasteiger partial charge in [-0.05, 0) is 50.9 Å². The molecule has 4 nitrogen and oxygen atoms in total. The fourth-order valence-electron chi connectivity index (χ4n) is 5.18. The van der Waals surface area contributed by atoms with Crippen molar-refractivity contribution >= 4 is 15.8 Å². The van der Waals surface area contributed by atoms with Crippen molar-refractivity contribution in [1.82, 2.24) is 0 Å². The van der Waals surface area contributed by atoms with Crippen LogP contribution >= 0.6 is 0 Å². The number of esters is 1. The first-order valence-electron chi connectivity index (χ1n) is 7.09. The predicted octanol–water partition coefficient (Wildman–Crippen LogP) is 2.01. The van der Waals surface area contributed by atoms with Crippen molar-refractivity contribution < 1.29 is 17.9 Å². The number of hydrogen-bond donors (Lipinski definition) is 0. The van der Waals surface area contributed by atoms with Gasteiger partial charge in [-0.3, -0.25) is 0 Å². The number of hydrogen-bond acceptors (Lipinski definition) is 4. The molecule has 0 aromatic carbocycles. The number of carbonyl (C=O) groups is 1. The quantitative estimate of drug-likeness (QED) is 0.638. The number of allylic oxidation sites excluding steroid dienone is 1. The normalized spacial score (nSPS) is 50.2. The van der Waals surface area contributed by atoms with E-state index in [1.807, 2.05) is 0 Å². The molecule has 1 heterocycles. The molecule has 104 valence electrons. The van der Waals surface area contributed by atoms with Crippen molar-refractivity contribution in [2.45, 2.75) is 44.0 Å². The van der Waals surface area contributed by atoms with Gasteiger partial charge in [-0.2, -0.15) is 0 Å². The van der Waals surface area contributed by atoms with Crippen LogP contribution in [0.3, 0.4) is 0 Å². The third kappa shape index (κ3) is 1.30. The maximum Gasteiger partial charge on any atom is 0.333 e. The summed E-state index contributed by atoms with van der Waals surface area (Å²) in [5, 5.41) is 0. The Morgan fingerprint density at radius 3 is 2.16 bits per heavy atom. The largest absolute Gasteiger partial charge is 0.438 e. The monoisotopic (exact) mass is 282 g/mol. The minimum absolute atomic E-state index is 0.0151. The number of sulfone groups is 1. The molecule has 0 N–H and O–H groups in total. The lowest BCUT2D eigenvalue weighted by Gasteiger charge is -2.59. The molecule has 5 rings (SSSR count). The molecule has 0 saturated heterocycles. The van der Waals surface area contributed by atoms with Crippen molar-refractivity contribution in [2.75, 3.05) is 0 Å². The minimum atomic E-state index is -3.50. The van der Waals surface area contributed by atoms with Crippen LogP contribution in [0.25, 0.3) is 0 Å². The van der Waals surface area contributed by atoms with Crippen LogP contribution < -0.4 is 0 Å². The second kappa shape index (κ2) is 3.43. The number of rotatable bonds is 0. The molecule has 0 atom stereocenters. The number of ether oxygens (including phenoxy) is 1. The minimum Gasteiger partial charge on any atom is -0.438 e. The average molecular weight is 282 g/mol. The van der Waals surface area contributed by atoms with Crippen molar-refractivity contribution in [3.63, 3.8) is 0 Å². The molecule has 0 aromatic rings. The molecule has 0 radical (unpaired) electrons. The van der Waals surface area contributed by atoms with Gasteiger partial charge in [-0.25, -0.2) is 13.2 Å². The molecule has 4 bridgehead atoms. The highest BCUT2D eigenvalue weighted by molar-refractivity contribution is 7.96. The van der Waals surface area contributed by atoms with Gasteiger partial charge in [-0.15, -0.1) is 0 Å². The fourth-order valence-corrected chi connectivity index (χ4v) is 7.39. The lowest BCUT2D eigenvalue weighted by molar-refractivity contribution is -0.177. The first-order chi connectivity index (χ1) is 8.93. The molecule has 5 heteroatoms. The molecular weight excluding hydrogens is 264 g/mol. The highest BCUT2D eigenvalue weighted by Crippen LogP contribution is 2.62. The van der Waals surface area contributed by atoms with E-state index in [0.717, 1.165) is 31.8 Å². The zero-order valence-corrected chi connectivity index (χ0v) is 11.8. The van der Waals surface area contributed by atoms with Crippen LogP contribution in [0.4, 0.5) is 0 Å². The van der Waals surface area contributed by atoms with Gasteiger partial charge in [-0.1, -0.05) is 0 Å². The van der Waals surface area contributed by atoms with Crippen molar-refractivity contribution in [1.29, 1.82) is 0 Å². The highest BCUT2D eigenvalue weighted by atomic mass is 32.2. The second-order valence-corrected chi connectivity index (χ2v) is 8.99. The summed E-state index contributed by atoms with van der Waals surface area (Å²) < 4.78 is 31.2. The van der Waals surface area contributed by atoms with E-state index in [0.29, 0.717) is 11.8 Å². The van der Waals surface area contributed by atoms with E-state index >= 15 is 0 Å². The summed E-state index contributed by atoms with van der Waals surface area (Å²) in [6.45, 7) is 1.53. The molecule has 19 heavy (non-hydrogen) atoms. The Hall–Kier alpha value is -0.840. The Kier molecular flexibility index (Phi) is 2.15. The van der Waals surface area contributed by atoms with E-state index in [1.165, 1.54) is 13.3 Å². The van der Waals surface area contributed by atoms with Gasteiger partial charge in [0.05, 0.1) is 4.91 Å². The Morgan fingerprint density at radius 1 is 1.11 bits per heavy atom. The summed E-state index contributed by atoms with van der Waals surface area (Å²) >= 11 is 0. The molecule has 0 aromatic heterocycles. The first-order valence-corrected chi connectivity index (χ1v) is 8.57. The summed E-state index contributed by atoms with van der Waals surface area (Å²) in [5.41, 5.74) is 0. The molecule has 1 aliphatic heterocycles. The predicted molar refractivity (Wildman–Crippen MR) is 68.5 cm³/mol. The van der Waals surface area contributed by atoms with Gasteiger partial charge >= 0.3 is 5.97 Å². The topological polar surface area (TPSA) is 60.4 Å². The summed E-state index contributed by atoms with van der Waals surface area (Å²) in [4.78, 5) is 10.8. The maximum absolute atomic E-state index is 12.8. The Morgan fingerprint density at radius 2 is 1.63 bits per heavy atom. The fraction of sp³-hybridized carbons (Fsp3) is 0.786. The first kappa shape index (κ1) is 11.9. The molecule has 5 aliphatic rings. The second-order valence-electron chi connectivity index (χ2n) is 6.71. The Labute approximate surface area is 113 Å². The van der Waals surface area contributed by atoms with Gasteiger partial charge in [0, 0.05) is 17.9 Å². The van der Waals surface area contributed by atoms with E-state index in [2.05, 4.69) is 0 Å². The lowest BCUT2D eigenvalue weighted by Crippen LogP contribution is -2.64. The number of carbonyl (C=O) groups excluding carboxylic acids is 1. The van der Waals surface area contributed by atoms with Crippen LogP contribution in [0.5, 0.6) is 0 Å². The smallest absolute Gasteiger partial charge is 0.333 e. The van der Waals surface area contributed by atoms with Crippen LogP contribution in [0.2, 0.25) is 0 Å². The van der Waals surface area contributed by atoms with E-state index in [4.69, 9.17) is 4.74 Å². The third-order valence-corrected chi connectivity index (χ3v) is 8.26. The SMILES string of the molecule is CC1=CC(=O)OC2(C3CC4CC(C3)CC2C4)S1(=O)=O. The Balaban J connectivity index is 1.90. The van der Waals surface area contributed by atoms with E-state index < -0.39 is 20.7 Å². The highest BCUT2D eigenvalue weighted by Gasteiger charge is 2.67. The molecule has 1 spiro atoms. The van der Waals surface area contributed by atoms with Crippen molar-refractivity contribution in [3.05, 3.63) is 11.0 Å². The Bertz CT molecular complexity index is 559. The molecule has 4 saturated carbocycles. The zero-order chi connectivity index (χ0) is 13.4. The van der Waals surface area contributed by atoms with Crippen LogP contribution in [0, 0.1) is 23.7 Å². The molecule has 4 fully saturated rings.